The van der Waals surface area contributed by atoms with Crippen LogP contribution in [0.5, 0.6) is 0 Å². The number of hydrogen-bond donors (Lipinski definition) is 0. The fraction of sp³-hybridized carbons (Fsp3) is 0.417. The molecule has 0 aliphatic rings. The molecule has 1 rings (SSSR count). The van der Waals surface area contributed by atoms with Gasteiger partial charge in [-0.3, -0.25) is 0 Å². The van der Waals surface area contributed by atoms with Crippen LogP contribution < -0.4 is 0 Å². The molecule has 0 unspecified atom stereocenters. The first kappa shape index (κ1) is 13.5. The summed E-state index contributed by atoms with van der Waals surface area (Å²) in [5.41, 5.74) is 0.772. The van der Waals surface area contributed by atoms with Gasteiger partial charge in [0.25, 0.3) is 0 Å². The van der Waals surface area contributed by atoms with Crippen LogP contribution in [0.4, 0.5) is 0 Å². The molecule has 0 fully saturated rings. The highest BCUT2D eigenvalue weighted by Gasteiger charge is 2.21. The number of benzene rings is 1. The van der Waals surface area contributed by atoms with Crippen LogP contribution >= 0.6 is 27.5 Å². The summed E-state index contributed by atoms with van der Waals surface area (Å²) in [7, 11) is 0. The molecule has 0 aliphatic heterocycles. The molecule has 0 bridgehead atoms. The standard InChI is InChI=1S/C12H14BrClO2/c1-12(2,3)16-11(15)10-8(7-14)5-4-6-9(10)13/h4-6H,7H2,1-3H3. The van der Waals surface area contributed by atoms with Gasteiger partial charge in [0.2, 0.25) is 0 Å². The minimum absolute atomic E-state index is 0.286. The molecule has 0 aromatic heterocycles. The Kier molecular flexibility index (Phi) is 4.39. The number of halogens is 2. The van der Waals surface area contributed by atoms with Crippen molar-refractivity contribution in [2.75, 3.05) is 0 Å². The van der Waals surface area contributed by atoms with Gasteiger partial charge >= 0.3 is 5.97 Å². The SMILES string of the molecule is CC(C)(C)OC(=O)c1c(Br)cccc1CCl. The number of alkyl halides is 1. The molecule has 0 amide bonds. The molecule has 0 aliphatic carbocycles. The molecule has 0 radical (unpaired) electrons. The zero-order valence-electron chi connectivity index (χ0n) is 9.51. The first-order valence-corrected chi connectivity index (χ1v) is 6.24. The molecule has 1 aromatic carbocycles. The lowest BCUT2D eigenvalue weighted by Crippen LogP contribution is -2.24. The van der Waals surface area contributed by atoms with Crippen molar-refractivity contribution < 1.29 is 9.53 Å². The topological polar surface area (TPSA) is 26.3 Å². The molecule has 1 aromatic rings. The van der Waals surface area contributed by atoms with E-state index in [0.29, 0.717) is 10.0 Å². The summed E-state index contributed by atoms with van der Waals surface area (Å²) in [5.74, 6) is -0.0655. The van der Waals surface area contributed by atoms with E-state index in [4.69, 9.17) is 16.3 Å². The molecule has 0 spiro atoms. The van der Waals surface area contributed by atoms with Crippen LogP contribution in [0.15, 0.2) is 22.7 Å². The van der Waals surface area contributed by atoms with E-state index in [1.54, 1.807) is 6.07 Å². The molecule has 2 nitrogen and oxygen atoms in total. The monoisotopic (exact) mass is 304 g/mol. The predicted octanol–water partition coefficient (Wildman–Crippen LogP) is 4.14. The van der Waals surface area contributed by atoms with Crippen molar-refractivity contribution in [1.29, 1.82) is 0 Å². The lowest BCUT2D eigenvalue weighted by atomic mass is 10.1. The van der Waals surface area contributed by atoms with Gasteiger partial charge in [-0.25, -0.2) is 4.79 Å². The molecule has 0 saturated heterocycles. The third kappa shape index (κ3) is 3.49. The summed E-state index contributed by atoms with van der Waals surface area (Å²) in [4.78, 5) is 11.9. The van der Waals surface area contributed by atoms with Crippen molar-refractivity contribution >= 4 is 33.5 Å². The number of ether oxygens (including phenoxy) is 1. The van der Waals surface area contributed by atoms with Crippen LogP contribution in [0.25, 0.3) is 0 Å². The summed E-state index contributed by atoms with van der Waals surface area (Å²) >= 11 is 9.13. The minimum atomic E-state index is -0.504. The molecule has 0 atom stereocenters. The van der Waals surface area contributed by atoms with Crippen LogP contribution in [-0.2, 0) is 10.6 Å². The van der Waals surface area contributed by atoms with Crippen molar-refractivity contribution in [2.24, 2.45) is 0 Å². The van der Waals surface area contributed by atoms with Gasteiger partial charge in [0.05, 0.1) is 5.56 Å². The number of rotatable bonds is 2. The van der Waals surface area contributed by atoms with E-state index in [1.807, 2.05) is 32.9 Å². The van der Waals surface area contributed by atoms with Crippen LogP contribution in [0, 0.1) is 0 Å². The Morgan fingerprint density at radius 3 is 2.56 bits per heavy atom. The summed E-state index contributed by atoms with van der Waals surface area (Å²) in [5, 5.41) is 0. The normalized spacial score (nSPS) is 11.3. The lowest BCUT2D eigenvalue weighted by Gasteiger charge is -2.20. The summed E-state index contributed by atoms with van der Waals surface area (Å²) in [6.07, 6.45) is 0. The molecule has 16 heavy (non-hydrogen) atoms. The number of esters is 1. The first-order valence-electron chi connectivity index (χ1n) is 4.92. The average Bonchev–Trinajstić information content (AvgIpc) is 2.14. The van der Waals surface area contributed by atoms with Gasteiger partial charge in [0.15, 0.2) is 0 Å². The zero-order chi connectivity index (χ0) is 12.3. The highest BCUT2D eigenvalue weighted by molar-refractivity contribution is 9.10. The second kappa shape index (κ2) is 5.19. The quantitative estimate of drug-likeness (QED) is 0.606. The fourth-order valence-corrected chi connectivity index (χ4v) is 2.03. The third-order valence-electron chi connectivity index (χ3n) is 1.85. The van der Waals surface area contributed by atoms with Gasteiger partial charge in [0.1, 0.15) is 5.60 Å². The van der Waals surface area contributed by atoms with E-state index in [-0.39, 0.29) is 11.8 Å². The van der Waals surface area contributed by atoms with Crippen LogP contribution in [0.2, 0.25) is 0 Å². The third-order valence-corrected chi connectivity index (χ3v) is 2.80. The Morgan fingerprint density at radius 2 is 2.06 bits per heavy atom. The summed E-state index contributed by atoms with van der Waals surface area (Å²) in [6, 6.07) is 5.46. The predicted molar refractivity (Wildman–Crippen MR) is 68.9 cm³/mol. The van der Waals surface area contributed by atoms with Crippen LogP contribution in [0.1, 0.15) is 36.7 Å². The Hall–Kier alpha value is -0.540. The molecule has 0 N–H and O–H groups in total. The van der Waals surface area contributed by atoms with E-state index in [1.165, 1.54) is 0 Å². The van der Waals surface area contributed by atoms with Gasteiger partial charge in [0, 0.05) is 10.4 Å². The van der Waals surface area contributed by atoms with E-state index in [9.17, 15) is 4.79 Å². The van der Waals surface area contributed by atoms with Crippen molar-refractivity contribution in [3.63, 3.8) is 0 Å². The van der Waals surface area contributed by atoms with E-state index in [0.717, 1.165) is 5.56 Å². The zero-order valence-corrected chi connectivity index (χ0v) is 11.9. The fourth-order valence-electron chi connectivity index (χ4n) is 1.24. The molecule has 0 heterocycles. The first-order chi connectivity index (χ1) is 7.35. The largest absolute Gasteiger partial charge is 0.456 e. The maximum Gasteiger partial charge on any atom is 0.340 e. The number of carbonyl (C=O) groups is 1. The lowest BCUT2D eigenvalue weighted by molar-refractivity contribution is 0.00676. The second-order valence-electron chi connectivity index (χ2n) is 4.41. The molecule has 4 heteroatoms. The molecule has 0 saturated carbocycles. The molecular weight excluding hydrogens is 291 g/mol. The van der Waals surface area contributed by atoms with Crippen molar-refractivity contribution in [2.45, 2.75) is 32.3 Å². The number of hydrogen-bond acceptors (Lipinski definition) is 2. The van der Waals surface area contributed by atoms with E-state index < -0.39 is 5.60 Å². The maximum absolute atomic E-state index is 11.9. The number of carbonyl (C=O) groups excluding carboxylic acids is 1. The second-order valence-corrected chi connectivity index (χ2v) is 5.53. The van der Waals surface area contributed by atoms with Gasteiger partial charge in [-0.05, 0) is 48.3 Å². The van der Waals surface area contributed by atoms with Crippen molar-refractivity contribution in [1.82, 2.24) is 0 Å². The summed E-state index contributed by atoms with van der Waals surface area (Å²) in [6.45, 7) is 5.51. The van der Waals surface area contributed by atoms with Gasteiger partial charge in [-0.2, -0.15) is 0 Å². The Bertz CT molecular complexity index is 396. The van der Waals surface area contributed by atoms with Crippen LogP contribution in [-0.4, -0.2) is 11.6 Å². The minimum Gasteiger partial charge on any atom is -0.456 e. The van der Waals surface area contributed by atoms with Crippen molar-refractivity contribution in [3.05, 3.63) is 33.8 Å². The van der Waals surface area contributed by atoms with Crippen molar-refractivity contribution in [3.8, 4) is 0 Å². The highest BCUT2D eigenvalue weighted by Crippen LogP contribution is 2.24. The van der Waals surface area contributed by atoms with E-state index in [2.05, 4.69) is 15.9 Å². The Labute approximate surface area is 109 Å². The Balaban J connectivity index is 3.08. The van der Waals surface area contributed by atoms with Gasteiger partial charge in [-0.1, -0.05) is 12.1 Å². The van der Waals surface area contributed by atoms with Gasteiger partial charge in [-0.15, -0.1) is 11.6 Å². The smallest absolute Gasteiger partial charge is 0.340 e. The van der Waals surface area contributed by atoms with Gasteiger partial charge < -0.3 is 4.74 Å². The average molecular weight is 306 g/mol. The van der Waals surface area contributed by atoms with Crippen LogP contribution in [0.3, 0.4) is 0 Å². The highest BCUT2D eigenvalue weighted by atomic mass is 79.9. The summed E-state index contributed by atoms with van der Waals surface area (Å²) < 4.78 is 6.03. The molecular formula is C12H14BrClO2. The molecule has 88 valence electrons. The van der Waals surface area contributed by atoms with E-state index >= 15 is 0 Å². The Morgan fingerprint density at radius 1 is 1.44 bits per heavy atom. The maximum atomic E-state index is 11.9.